The van der Waals surface area contributed by atoms with Crippen molar-refractivity contribution in [2.24, 2.45) is 0 Å². The number of hydrogen-bond acceptors (Lipinski definition) is 3. The van der Waals surface area contributed by atoms with E-state index in [0.717, 1.165) is 12.2 Å². The third-order valence-corrected chi connectivity index (χ3v) is 1.94. The van der Waals surface area contributed by atoms with Gasteiger partial charge in [-0.1, -0.05) is 13.8 Å². The van der Waals surface area contributed by atoms with Crippen molar-refractivity contribution in [1.29, 1.82) is 0 Å². The molecule has 0 radical (unpaired) electrons. The molecule has 1 N–H and O–H groups in total. The molecule has 1 unspecified atom stereocenters. The molecule has 1 rings (SSSR count). The van der Waals surface area contributed by atoms with Gasteiger partial charge in [0.15, 0.2) is 0 Å². The Morgan fingerprint density at radius 2 is 2.17 bits per heavy atom. The van der Waals surface area contributed by atoms with Crippen LogP contribution < -0.4 is 5.32 Å². The van der Waals surface area contributed by atoms with E-state index < -0.39 is 0 Å². The summed E-state index contributed by atoms with van der Waals surface area (Å²) in [5, 5.41) is 3.34. The number of rotatable bonds is 2. The highest BCUT2D eigenvalue weighted by atomic mass is 32.1. The van der Waals surface area contributed by atoms with Crippen molar-refractivity contribution in [3.05, 3.63) is 11.9 Å². The number of nitrogens with zero attached hydrogens (tertiary/aromatic N) is 1. The van der Waals surface area contributed by atoms with Crippen LogP contribution in [0, 0.1) is 0 Å². The molecule has 0 aromatic rings. The maximum atomic E-state index is 4.18. The zero-order valence-electron chi connectivity index (χ0n) is 8.46. The van der Waals surface area contributed by atoms with Crippen molar-refractivity contribution in [1.82, 2.24) is 10.2 Å². The average Bonchev–Trinajstić information content (AvgIpc) is 2.35. The second kappa shape index (κ2) is 6.23. The van der Waals surface area contributed by atoms with Crippen LogP contribution in [0.5, 0.6) is 0 Å². The molecule has 0 bridgehead atoms. The second-order valence-corrected chi connectivity index (χ2v) is 3.10. The lowest BCUT2D eigenvalue weighted by Crippen LogP contribution is -2.33. The van der Waals surface area contributed by atoms with E-state index in [0.29, 0.717) is 6.17 Å². The molecule has 0 fully saturated rings. The molecule has 0 aromatic heterocycles. The summed E-state index contributed by atoms with van der Waals surface area (Å²) in [6.07, 6.45) is 3.68. The first-order valence-electron chi connectivity index (χ1n) is 4.52. The highest BCUT2D eigenvalue weighted by Crippen LogP contribution is 2.10. The molecule has 0 amide bonds. The standard InChI is InChI=1S/C7H14N2S.C2H6/c1-6-5-9(2)7(8-6)3-4-10;1-2/h5,7-8,10H,3-4H2,1-2H3;1-2H3. The van der Waals surface area contributed by atoms with Crippen LogP contribution in [0.1, 0.15) is 27.2 Å². The van der Waals surface area contributed by atoms with Crippen LogP contribution in [0.25, 0.3) is 0 Å². The fourth-order valence-electron chi connectivity index (χ4n) is 1.20. The van der Waals surface area contributed by atoms with E-state index in [-0.39, 0.29) is 0 Å². The molecule has 0 spiro atoms. The Kier molecular flexibility index (Phi) is 6.07. The van der Waals surface area contributed by atoms with Crippen molar-refractivity contribution in [3.8, 4) is 0 Å². The molecule has 1 atom stereocenters. The molecule has 2 nitrogen and oxygen atoms in total. The van der Waals surface area contributed by atoms with Crippen molar-refractivity contribution in [2.45, 2.75) is 33.4 Å². The SMILES string of the molecule is CC.CC1=CN(C)C(CCS)N1. The Morgan fingerprint density at radius 1 is 1.58 bits per heavy atom. The summed E-state index contributed by atoms with van der Waals surface area (Å²) in [5.41, 5.74) is 1.24. The highest BCUT2D eigenvalue weighted by Gasteiger charge is 2.16. The van der Waals surface area contributed by atoms with E-state index >= 15 is 0 Å². The van der Waals surface area contributed by atoms with E-state index in [1.807, 2.05) is 13.8 Å². The van der Waals surface area contributed by atoms with Gasteiger partial charge in [0.25, 0.3) is 0 Å². The summed E-state index contributed by atoms with van der Waals surface area (Å²) >= 11 is 4.18. The van der Waals surface area contributed by atoms with Gasteiger partial charge in [0.05, 0.1) is 6.17 Å². The molecule has 3 heteroatoms. The average molecular weight is 188 g/mol. The third-order valence-electron chi connectivity index (χ3n) is 1.69. The number of thiol groups is 1. The molecule has 1 aliphatic rings. The predicted octanol–water partition coefficient (Wildman–Crippen LogP) is 2.05. The molecule has 1 heterocycles. The van der Waals surface area contributed by atoms with Gasteiger partial charge in [-0.15, -0.1) is 0 Å². The van der Waals surface area contributed by atoms with Crippen LogP contribution in [-0.2, 0) is 0 Å². The number of nitrogens with one attached hydrogen (secondary N) is 1. The minimum Gasteiger partial charge on any atom is -0.368 e. The van der Waals surface area contributed by atoms with Gasteiger partial charge in [-0.3, -0.25) is 0 Å². The van der Waals surface area contributed by atoms with Crippen molar-refractivity contribution < 1.29 is 0 Å². The summed E-state index contributed by atoms with van der Waals surface area (Å²) < 4.78 is 0. The van der Waals surface area contributed by atoms with Gasteiger partial charge < -0.3 is 10.2 Å². The first kappa shape index (κ1) is 11.7. The Bertz CT molecular complexity index is 145. The summed E-state index contributed by atoms with van der Waals surface area (Å²) in [6.45, 7) is 6.08. The van der Waals surface area contributed by atoms with E-state index in [1.165, 1.54) is 5.70 Å². The van der Waals surface area contributed by atoms with Gasteiger partial charge in [0.2, 0.25) is 0 Å². The van der Waals surface area contributed by atoms with E-state index in [4.69, 9.17) is 0 Å². The van der Waals surface area contributed by atoms with Gasteiger partial charge >= 0.3 is 0 Å². The van der Waals surface area contributed by atoms with Gasteiger partial charge in [-0.2, -0.15) is 12.6 Å². The molecule has 0 saturated heterocycles. The monoisotopic (exact) mass is 188 g/mol. The topological polar surface area (TPSA) is 15.3 Å². The maximum Gasteiger partial charge on any atom is 0.0988 e. The smallest absolute Gasteiger partial charge is 0.0988 e. The fourth-order valence-corrected chi connectivity index (χ4v) is 1.44. The second-order valence-electron chi connectivity index (χ2n) is 2.65. The van der Waals surface area contributed by atoms with Crippen LogP contribution in [0.2, 0.25) is 0 Å². The maximum absolute atomic E-state index is 4.18. The van der Waals surface area contributed by atoms with Crippen molar-refractivity contribution >= 4 is 12.6 Å². The Balaban J connectivity index is 0.000000561. The minimum atomic E-state index is 0.470. The predicted molar refractivity (Wildman–Crippen MR) is 58.3 cm³/mol. The van der Waals surface area contributed by atoms with E-state index in [9.17, 15) is 0 Å². The van der Waals surface area contributed by atoms with Gasteiger partial charge in [0.1, 0.15) is 0 Å². The van der Waals surface area contributed by atoms with Gasteiger partial charge in [-0.05, 0) is 19.1 Å². The van der Waals surface area contributed by atoms with Crippen molar-refractivity contribution in [3.63, 3.8) is 0 Å². The molecular formula is C9H20N2S. The van der Waals surface area contributed by atoms with E-state index in [2.05, 4.69) is 43.0 Å². The van der Waals surface area contributed by atoms with E-state index in [1.54, 1.807) is 0 Å². The lowest BCUT2D eigenvalue weighted by molar-refractivity contribution is 0.323. The van der Waals surface area contributed by atoms with Crippen LogP contribution in [0.3, 0.4) is 0 Å². The zero-order chi connectivity index (χ0) is 9.56. The summed E-state index contributed by atoms with van der Waals surface area (Å²) in [6, 6.07) is 0. The quantitative estimate of drug-likeness (QED) is 0.645. The molecule has 12 heavy (non-hydrogen) atoms. The molecular weight excluding hydrogens is 168 g/mol. The highest BCUT2D eigenvalue weighted by molar-refractivity contribution is 7.80. The molecule has 1 aliphatic heterocycles. The first-order chi connectivity index (χ1) is 5.74. The molecule has 0 aliphatic carbocycles. The summed E-state index contributed by atoms with van der Waals surface area (Å²) in [5.74, 6) is 0.934. The Morgan fingerprint density at radius 3 is 2.50 bits per heavy atom. The Hall–Kier alpha value is -0.310. The van der Waals surface area contributed by atoms with Gasteiger partial charge in [-0.25, -0.2) is 0 Å². The largest absolute Gasteiger partial charge is 0.368 e. The van der Waals surface area contributed by atoms with Crippen LogP contribution >= 0.6 is 12.6 Å². The lowest BCUT2D eigenvalue weighted by Gasteiger charge is -2.19. The summed E-state index contributed by atoms with van der Waals surface area (Å²) in [4.78, 5) is 2.19. The summed E-state index contributed by atoms with van der Waals surface area (Å²) in [7, 11) is 2.08. The van der Waals surface area contributed by atoms with Crippen LogP contribution in [0.15, 0.2) is 11.9 Å². The van der Waals surface area contributed by atoms with Crippen LogP contribution in [0.4, 0.5) is 0 Å². The Labute approximate surface area is 81.4 Å². The molecule has 0 aromatic carbocycles. The fraction of sp³-hybridized carbons (Fsp3) is 0.778. The zero-order valence-corrected chi connectivity index (χ0v) is 9.36. The number of allylic oxidation sites excluding steroid dienone is 1. The lowest BCUT2D eigenvalue weighted by atomic mass is 10.3. The first-order valence-corrected chi connectivity index (χ1v) is 5.15. The molecule has 72 valence electrons. The minimum absolute atomic E-state index is 0.470. The van der Waals surface area contributed by atoms with Gasteiger partial charge in [0, 0.05) is 18.9 Å². The normalized spacial score (nSPS) is 20.9. The van der Waals surface area contributed by atoms with Crippen LogP contribution in [-0.4, -0.2) is 23.9 Å². The molecule has 0 saturated carbocycles. The van der Waals surface area contributed by atoms with Crippen molar-refractivity contribution in [2.75, 3.05) is 12.8 Å². The number of hydrogen-bond donors (Lipinski definition) is 2. The third kappa shape index (κ3) is 3.39.